The zero-order valence-corrected chi connectivity index (χ0v) is 30.7. The number of carbonyl (C=O) groups excluding carboxylic acids is 1. The fourth-order valence-corrected chi connectivity index (χ4v) is 6.01. The lowest BCUT2D eigenvalue weighted by atomic mass is 9.97. The van der Waals surface area contributed by atoms with E-state index in [2.05, 4.69) is 94.1 Å². The summed E-state index contributed by atoms with van der Waals surface area (Å²) >= 11 is 0. The second-order valence-corrected chi connectivity index (χ2v) is 13.6. The molecule has 53 heavy (non-hydrogen) atoms. The molecular weight excluding hydrogens is 666 g/mol. The van der Waals surface area contributed by atoms with Gasteiger partial charge in [0.05, 0.1) is 46.2 Å². The first-order valence-corrected chi connectivity index (χ1v) is 18.0. The number of ether oxygens (including phenoxy) is 5. The summed E-state index contributed by atoms with van der Waals surface area (Å²) in [7, 11) is 0. The number of hydrogen-bond acceptors (Lipinski definition) is 8. The van der Waals surface area contributed by atoms with Crippen LogP contribution in [0.4, 0.5) is 4.79 Å². The molecule has 274 valence electrons. The summed E-state index contributed by atoms with van der Waals surface area (Å²) in [5, 5.41) is 7.19. The van der Waals surface area contributed by atoms with Crippen LogP contribution in [0.25, 0.3) is 43.8 Å². The van der Waals surface area contributed by atoms with Gasteiger partial charge < -0.3 is 29.0 Å². The molecular formula is C44H47N3O6. The number of amides is 1. The number of nitrogens with one attached hydrogen (secondary N) is 1. The zero-order valence-electron chi connectivity index (χ0n) is 30.7. The van der Waals surface area contributed by atoms with Gasteiger partial charge in [-0.1, -0.05) is 72.8 Å². The van der Waals surface area contributed by atoms with Gasteiger partial charge in [0.2, 0.25) is 0 Å². The van der Waals surface area contributed by atoms with E-state index < -0.39 is 11.7 Å². The number of alkyl carbamates (subject to hydrolysis) is 1. The van der Waals surface area contributed by atoms with Crippen LogP contribution in [0.3, 0.4) is 0 Å². The fourth-order valence-electron chi connectivity index (χ4n) is 6.01. The summed E-state index contributed by atoms with van der Waals surface area (Å²) < 4.78 is 28.9. The van der Waals surface area contributed by atoms with Gasteiger partial charge in [0.15, 0.2) is 0 Å². The molecule has 0 fully saturated rings. The predicted molar refractivity (Wildman–Crippen MR) is 209 cm³/mol. The molecule has 0 saturated carbocycles. The summed E-state index contributed by atoms with van der Waals surface area (Å²) in [6, 6.07) is 31.6. The third-order valence-electron chi connectivity index (χ3n) is 8.54. The van der Waals surface area contributed by atoms with Crippen LogP contribution < -0.4 is 10.1 Å². The molecule has 4 aromatic carbocycles. The number of aromatic nitrogens is 2. The monoisotopic (exact) mass is 713 g/mol. The molecule has 0 spiro atoms. The molecule has 0 aliphatic rings. The topological polar surface area (TPSA) is 101 Å². The third kappa shape index (κ3) is 10.8. The van der Waals surface area contributed by atoms with Crippen molar-refractivity contribution in [3.8, 4) is 28.0 Å². The minimum atomic E-state index is -0.525. The Kier molecular flexibility index (Phi) is 13.0. The molecule has 1 amide bonds. The number of hydrogen-bond donors (Lipinski definition) is 1. The Morgan fingerprint density at radius 3 is 1.96 bits per heavy atom. The lowest BCUT2D eigenvalue weighted by Crippen LogP contribution is -2.34. The number of carbonyl (C=O) groups is 1. The quantitative estimate of drug-likeness (QED) is 0.0937. The number of fused-ring (bicyclic) bond motifs is 2. The highest BCUT2D eigenvalue weighted by Gasteiger charge is 2.15. The van der Waals surface area contributed by atoms with Crippen molar-refractivity contribution in [3.05, 3.63) is 127 Å². The Bertz CT molecular complexity index is 2080. The highest BCUT2D eigenvalue weighted by atomic mass is 16.6. The minimum Gasteiger partial charge on any atom is -0.493 e. The van der Waals surface area contributed by atoms with E-state index in [1.54, 1.807) is 0 Å². The Balaban J connectivity index is 1.01. The van der Waals surface area contributed by atoms with Gasteiger partial charge in [0.1, 0.15) is 11.4 Å². The number of benzene rings is 4. The molecule has 6 aromatic rings. The second kappa shape index (κ2) is 18.4. The van der Waals surface area contributed by atoms with E-state index in [1.165, 1.54) is 16.5 Å². The van der Waals surface area contributed by atoms with Gasteiger partial charge in [0, 0.05) is 54.1 Å². The Hall–Kier alpha value is -5.35. The third-order valence-corrected chi connectivity index (χ3v) is 8.54. The van der Waals surface area contributed by atoms with E-state index in [9.17, 15) is 4.79 Å². The smallest absolute Gasteiger partial charge is 0.407 e. The molecule has 9 heteroatoms. The molecule has 2 heterocycles. The average molecular weight is 714 g/mol. The normalized spacial score (nSPS) is 11.5. The summed E-state index contributed by atoms with van der Waals surface area (Å²) in [5.74, 6) is 0.803. The van der Waals surface area contributed by atoms with Gasteiger partial charge in [-0.05, 0) is 77.6 Å². The molecule has 0 saturated heterocycles. The van der Waals surface area contributed by atoms with Crippen LogP contribution in [0, 0.1) is 0 Å². The van der Waals surface area contributed by atoms with Crippen LogP contribution in [-0.2, 0) is 32.0 Å². The zero-order chi connectivity index (χ0) is 36.9. The molecule has 6 rings (SSSR count). The van der Waals surface area contributed by atoms with Crippen molar-refractivity contribution in [3.63, 3.8) is 0 Å². The highest BCUT2D eigenvalue weighted by Crippen LogP contribution is 2.36. The molecule has 0 unspecified atom stereocenters. The van der Waals surface area contributed by atoms with Crippen molar-refractivity contribution < 1.29 is 28.5 Å². The Morgan fingerprint density at radius 2 is 1.26 bits per heavy atom. The van der Waals surface area contributed by atoms with E-state index >= 15 is 0 Å². The van der Waals surface area contributed by atoms with Crippen LogP contribution in [0.1, 0.15) is 31.9 Å². The Labute approximate surface area is 311 Å². The van der Waals surface area contributed by atoms with Crippen LogP contribution in [0.15, 0.2) is 116 Å². The molecule has 0 bridgehead atoms. The Morgan fingerprint density at radius 1 is 0.642 bits per heavy atom. The first-order chi connectivity index (χ1) is 25.8. The van der Waals surface area contributed by atoms with Gasteiger partial charge in [-0.2, -0.15) is 0 Å². The first-order valence-electron chi connectivity index (χ1n) is 18.0. The van der Waals surface area contributed by atoms with E-state index in [1.807, 2.05) is 57.7 Å². The number of rotatable bonds is 17. The predicted octanol–water partition coefficient (Wildman–Crippen LogP) is 8.81. The maximum absolute atomic E-state index is 11.7. The molecule has 0 atom stereocenters. The molecule has 1 N–H and O–H groups in total. The van der Waals surface area contributed by atoms with E-state index in [0.717, 1.165) is 50.6 Å². The maximum Gasteiger partial charge on any atom is 0.407 e. The van der Waals surface area contributed by atoms with Gasteiger partial charge in [-0.3, -0.25) is 9.97 Å². The average Bonchev–Trinajstić information content (AvgIpc) is 3.16. The van der Waals surface area contributed by atoms with Crippen molar-refractivity contribution in [2.45, 2.75) is 39.4 Å². The van der Waals surface area contributed by atoms with Gasteiger partial charge >= 0.3 is 6.09 Å². The first kappa shape index (κ1) is 37.4. The van der Waals surface area contributed by atoms with Gasteiger partial charge in [-0.15, -0.1) is 0 Å². The standard InChI is InChI=1S/C44H47N3O6/c1-44(2,3)53-43(48)47-21-23-49-24-25-50-26-27-51-31-33-12-15-39(38-9-5-7-35-17-20-46-30-41(35)38)42(28-33)52-22-18-32-10-13-36(14-11-32)37-8-4-6-34-16-19-45-29-40(34)37/h4-17,19-20,28-30H,18,21-27,31H2,1-3H3,(H,47,48). The van der Waals surface area contributed by atoms with Gasteiger partial charge in [0.25, 0.3) is 0 Å². The summed E-state index contributed by atoms with van der Waals surface area (Å²) in [6.07, 6.45) is 7.79. The molecule has 0 aliphatic heterocycles. The second-order valence-electron chi connectivity index (χ2n) is 13.6. The molecule has 2 aromatic heterocycles. The minimum absolute atomic E-state index is 0.373. The molecule has 0 aliphatic carbocycles. The van der Waals surface area contributed by atoms with Crippen molar-refractivity contribution in [1.82, 2.24) is 15.3 Å². The number of nitrogens with zero attached hydrogens (tertiary/aromatic N) is 2. The number of pyridine rings is 2. The summed E-state index contributed by atoms with van der Waals surface area (Å²) in [6.45, 7) is 8.92. The van der Waals surface area contributed by atoms with Crippen molar-refractivity contribution in [1.29, 1.82) is 0 Å². The lowest BCUT2D eigenvalue weighted by molar-refractivity contribution is 0.0102. The largest absolute Gasteiger partial charge is 0.493 e. The van der Waals surface area contributed by atoms with Gasteiger partial charge in [-0.25, -0.2) is 4.79 Å². The van der Waals surface area contributed by atoms with Crippen molar-refractivity contribution >= 4 is 27.6 Å². The van der Waals surface area contributed by atoms with Crippen molar-refractivity contribution in [2.24, 2.45) is 0 Å². The van der Waals surface area contributed by atoms with Crippen LogP contribution in [0.5, 0.6) is 5.75 Å². The lowest BCUT2D eigenvalue weighted by Gasteiger charge is -2.19. The van der Waals surface area contributed by atoms with Crippen LogP contribution in [0.2, 0.25) is 0 Å². The van der Waals surface area contributed by atoms with E-state index in [-0.39, 0.29) is 0 Å². The molecule has 0 radical (unpaired) electrons. The van der Waals surface area contributed by atoms with E-state index in [4.69, 9.17) is 23.7 Å². The van der Waals surface area contributed by atoms with Crippen molar-refractivity contribution in [2.75, 3.05) is 46.2 Å². The molecule has 9 nitrogen and oxygen atoms in total. The van der Waals surface area contributed by atoms with Crippen LogP contribution >= 0.6 is 0 Å². The van der Waals surface area contributed by atoms with E-state index in [0.29, 0.717) is 52.8 Å². The fraction of sp³-hybridized carbons (Fsp3) is 0.295. The summed E-state index contributed by atoms with van der Waals surface area (Å²) in [5.41, 5.74) is 6.11. The van der Waals surface area contributed by atoms with Crippen LogP contribution in [-0.4, -0.2) is 67.8 Å². The summed E-state index contributed by atoms with van der Waals surface area (Å²) in [4.78, 5) is 20.4. The highest BCUT2D eigenvalue weighted by molar-refractivity contribution is 5.98. The maximum atomic E-state index is 11.7. The SMILES string of the molecule is CC(C)(C)OC(=O)NCCOCCOCCOCc1ccc(-c2cccc3ccncc23)c(OCCc2ccc(-c3cccc4ccncc34)cc2)c1.